The quantitative estimate of drug-likeness (QED) is 0.557. The van der Waals surface area contributed by atoms with E-state index in [1.165, 1.54) is 18.7 Å². The second-order valence-corrected chi connectivity index (χ2v) is 7.47. The first-order chi connectivity index (χ1) is 15.0. The molecule has 0 atom stereocenters. The summed E-state index contributed by atoms with van der Waals surface area (Å²) in [6.07, 6.45) is 0. The molecule has 1 fully saturated rings. The summed E-state index contributed by atoms with van der Waals surface area (Å²) in [5.74, 6) is 0.0467. The highest BCUT2D eigenvalue weighted by molar-refractivity contribution is 5.89. The van der Waals surface area contributed by atoms with Crippen LogP contribution in [0.2, 0.25) is 0 Å². The molecule has 0 saturated carbocycles. The average Bonchev–Trinajstić information content (AvgIpc) is 3.07. The van der Waals surface area contributed by atoms with Crippen molar-refractivity contribution in [3.63, 3.8) is 0 Å². The van der Waals surface area contributed by atoms with E-state index in [0.29, 0.717) is 12.5 Å². The standard InChI is InChI=1S/C22H27N5O4/c1-14-15(2)23-18-5-4-16(12-17(14)18)24-22-25-19(21(28)29-3)13-20(26-22)31-11-8-27-6-9-30-10-7-27/h4-5,12-13,23H,6-11H2,1-3H3,(H,24,25,26). The molecule has 0 bridgehead atoms. The minimum Gasteiger partial charge on any atom is -0.476 e. The fourth-order valence-corrected chi connectivity index (χ4v) is 3.54. The third-order valence-electron chi connectivity index (χ3n) is 5.42. The monoisotopic (exact) mass is 425 g/mol. The number of fused-ring (bicyclic) bond motifs is 1. The SMILES string of the molecule is COC(=O)c1cc(OCCN2CCOCC2)nc(Nc2ccc3[nH]c(C)c(C)c3c2)n1. The summed E-state index contributed by atoms with van der Waals surface area (Å²) in [6, 6.07) is 7.47. The van der Waals surface area contributed by atoms with Gasteiger partial charge in [-0.2, -0.15) is 4.98 Å². The predicted molar refractivity (Wildman–Crippen MR) is 117 cm³/mol. The summed E-state index contributed by atoms with van der Waals surface area (Å²) in [5.41, 5.74) is 4.34. The van der Waals surface area contributed by atoms with Crippen molar-refractivity contribution in [3.8, 4) is 5.88 Å². The van der Waals surface area contributed by atoms with Gasteiger partial charge in [0.15, 0.2) is 5.69 Å². The van der Waals surface area contributed by atoms with Crippen molar-refractivity contribution in [2.24, 2.45) is 0 Å². The molecule has 4 rings (SSSR count). The molecule has 0 aliphatic carbocycles. The van der Waals surface area contributed by atoms with Crippen LogP contribution in [-0.2, 0) is 9.47 Å². The molecule has 0 spiro atoms. The molecule has 9 nitrogen and oxygen atoms in total. The second-order valence-electron chi connectivity index (χ2n) is 7.47. The number of methoxy groups -OCH3 is 1. The van der Waals surface area contributed by atoms with Gasteiger partial charge in [0.2, 0.25) is 11.8 Å². The summed E-state index contributed by atoms with van der Waals surface area (Å²) in [4.78, 5) is 26.4. The number of hydrogen-bond acceptors (Lipinski definition) is 8. The Bertz CT molecular complexity index is 1080. The van der Waals surface area contributed by atoms with E-state index in [1.54, 1.807) is 0 Å². The molecule has 1 saturated heterocycles. The Labute approximate surface area is 180 Å². The number of esters is 1. The number of anilines is 2. The Balaban J connectivity index is 1.52. The number of aromatic nitrogens is 3. The van der Waals surface area contributed by atoms with E-state index in [9.17, 15) is 4.79 Å². The summed E-state index contributed by atoms with van der Waals surface area (Å²) in [6.45, 7) is 8.56. The van der Waals surface area contributed by atoms with Crippen LogP contribution in [0.4, 0.5) is 11.6 Å². The number of rotatable bonds is 7. The van der Waals surface area contributed by atoms with E-state index in [2.05, 4.69) is 32.1 Å². The highest BCUT2D eigenvalue weighted by atomic mass is 16.5. The Morgan fingerprint density at radius 2 is 2.03 bits per heavy atom. The minimum absolute atomic E-state index is 0.135. The lowest BCUT2D eigenvalue weighted by molar-refractivity contribution is 0.0319. The van der Waals surface area contributed by atoms with Gasteiger partial charge in [-0.25, -0.2) is 9.78 Å². The molecule has 3 heterocycles. The van der Waals surface area contributed by atoms with Gasteiger partial charge in [-0.3, -0.25) is 4.90 Å². The first-order valence-electron chi connectivity index (χ1n) is 10.3. The number of benzene rings is 1. The van der Waals surface area contributed by atoms with Gasteiger partial charge < -0.3 is 24.5 Å². The molecule has 2 N–H and O–H groups in total. The van der Waals surface area contributed by atoms with E-state index in [-0.39, 0.29) is 11.6 Å². The molecule has 164 valence electrons. The number of H-pyrrole nitrogens is 1. The minimum atomic E-state index is -0.545. The molecule has 2 aromatic heterocycles. The Hall–Kier alpha value is -3.17. The van der Waals surface area contributed by atoms with E-state index < -0.39 is 5.97 Å². The van der Waals surface area contributed by atoms with Gasteiger partial charge in [-0.15, -0.1) is 0 Å². The molecular formula is C22H27N5O4. The number of morpholine rings is 1. The van der Waals surface area contributed by atoms with Crippen molar-refractivity contribution in [1.82, 2.24) is 19.9 Å². The second kappa shape index (κ2) is 9.32. The number of carbonyl (C=O) groups excluding carboxylic acids is 1. The summed E-state index contributed by atoms with van der Waals surface area (Å²) in [7, 11) is 1.32. The number of nitrogens with zero attached hydrogens (tertiary/aromatic N) is 3. The zero-order valence-electron chi connectivity index (χ0n) is 18.0. The fraction of sp³-hybridized carbons (Fsp3) is 0.409. The molecule has 0 radical (unpaired) electrons. The number of carbonyl (C=O) groups is 1. The fourth-order valence-electron chi connectivity index (χ4n) is 3.54. The van der Waals surface area contributed by atoms with Gasteiger partial charge in [0, 0.05) is 48.0 Å². The average molecular weight is 425 g/mol. The van der Waals surface area contributed by atoms with Crippen LogP contribution in [0.3, 0.4) is 0 Å². The summed E-state index contributed by atoms with van der Waals surface area (Å²) in [5, 5.41) is 4.30. The topological polar surface area (TPSA) is 102 Å². The zero-order chi connectivity index (χ0) is 21.8. The number of ether oxygens (including phenoxy) is 3. The molecule has 0 amide bonds. The first kappa shape index (κ1) is 21.1. The molecular weight excluding hydrogens is 398 g/mol. The highest BCUT2D eigenvalue weighted by Gasteiger charge is 2.15. The van der Waals surface area contributed by atoms with Crippen molar-refractivity contribution in [2.75, 3.05) is 51.9 Å². The number of hydrogen-bond donors (Lipinski definition) is 2. The predicted octanol–water partition coefficient (Wildman–Crippen LogP) is 2.82. The number of aromatic amines is 1. The largest absolute Gasteiger partial charge is 0.476 e. The number of nitrogens with one attached hydrogen (secondary N) is 2. The molecule has 0 unspecified atom stereocenters. The Morgan fingerprint density at radius 3 is 2.81 bits per heavy atom. The van der Waals surface area contributed by atoms with Crippen LogP contribution in [0.15, 0.2) is 24.3 Å². The van der Waals surface area contributed by atoms with Crippen LogP contribution in [-0.4, -0.2) is 72.4 Å². The first-order valence-corrected chi connectivity index (χ1v) is 10.3. The van der Waals surface area contributed by atoms with Crippen LogP contribution < -0.4 is 10.1 Å². The van der Waals surface area contributed by atoms with Crippen molar-refractivity contribution < 1.29 is 19.0 Å². The molecule has 31 heavy (non-hydrogen) atoms. The van der Waals surface area contributed by atoms with Crippen LogP contribution >= 0.6 is 0 Å². The van der Waals surface area contributed by atoms with Gasteiger partial charge in [0.05, 0.1) is 20.3 Å². The van der Waals surface area contributed by atoms with E-state index >= 15 is 0 Å². The Morgan fingerprint density at radius 1 is 1.23 bits per heavy atom. The van der Waals surface area contributed by atoms with Crippen molar-refractivity contribution in [2.45, 2.75) is 13.8 Å². The maximum absolute atomic E-state index is 12.1. The third kappa shape index (κ3) is 4.95. The van der Waals surface area contributed by atoms with E-state index in [0.717, 1.165) is 55.1 Å². The molecule has 1 aliphatic heterocycles. The lowest BCUT2D eigenvalue weighted by atomic mass is 10.1. The van der Waals surface area contributed by atoms with Crippen LogP contribution in [0, 0.1) is 13.8 Å². The van der Waals surface area contributed by atoms with Gasteiger partial charge in [0.25, 0.3) is 0 Å². The maximum atomic E-state index is 12.1. The van der Waals surface area contributed by atoms with Crippen molar-refractivity contribution >= 4 is 28.5 Å². The molecule has 1 aromatic carbocycles. The summed E-state index contributed by atoms with van der Waals surface area (Å²) < 4.78 is 16.0. The van der Waals surface area contributed by atoms with Crippen LogP contribution in [0.25, 0.3) is 10.9 Å². The third-order valence-corrected chi connectivity index (χ3v) is 5.42. The highest BCUT2D eigenvalue weighted by Crippen LogP contribution is 2.26. The van der Waals surface area contributed by atoms with Crippen LogP contribution in [0.1, 0.15) is 21.7 Å². The van der Waals surface area contributed by atoms with Gasteiger partial charge in [-0.05, 0) is 37.6 Å². The van der Waals surface area contributed by atoms with Gasteiger partial charge in [-0.1, -0.05) is 0 Å². The van der Waals surface area contributed by atoms with Gasteiger partial charge >= 0.3 is 5.97 Å². The lowest BCUT2D eigenvalue weighted by Crippen LogP contribution is -2.38. The lowest BCUT2D eigenvalue weighted by Gasteiger charge is -2.26. The molecule has 9 heteroatoms. The van der Waals surface area contributed by atoms with Crippen molar-refractivity contribution in [3.05, 3.63) is 41.2 Å². The Kier molecular flexibility index (Phi) is 6.34. The van der Waals surface area contributed by atoms with Gasteiger partial charge in [0.1, 0.15) is 6.61 Å². The van der Waals surface area contributed by atoms with E-state index in [4.69, 9.17) is 14.2 Å². The molecule has 1 aliphatic rings. The smallest absolute Gasteiger partial charge is 0.357 e. The normalized spacial score (nSPS) is 14.5. The summed E-state index contributed by atoms with van der Waals surface area (Å²) >= 11 is 0. The number of aryl methyl sites for hydroxylation is 2. The van der Waals surface area contributed by atoms with Crippen molar-refractivity contribution in [1.29, 1.82) is 0 Å². The zero-order valence-corrected chi connectivity index (χ0v) is 18.0. The van der Waals surface area contributed by atoms with E-state index in [1.807, 2.05) is 25.1 Å². The maximum Gasteiger partial charge on any atom is 0.357 e. The molecule has 3 aromatic rings. The van der Waals surface area contributed by atoms with Crippen LogP contribution in [0.5, 0.6) is 5.88 Å².